The Morgan fingerprint density at radius 2 is 2.07 bits per heavy atom. The van der Waals surface area contributed by atoms with Gasteiger partial charge in [-0.25, -0.2) is 4.98 Å². The van der Waals surface area contributed by atoms with Gasteiger partial charge >= 0.3 is 0 Å². The van der Waals surface area contributed by atoms with Crippen molar-refractivity contribution >= 4 is 39.8 Å². The molecule has 0 aliphatic heterocycles. The van der Waals surface area contributed by atoms with Crippen molar-refractivity contribution in [2.24, 2.45) is 5.10 Å². The second kappa shape index (κ2) is 7.09. The number of ether oxygens (including phenoxy) is 1. The van der Waals surface area contributed by atoms with Crippen molar-refractivity contribution in [1.82, 2.24) is 14.6 Å². The van der Waals surface area contributed by atoms with Gasteiger partial charge in [0, 0.05) is 15.9 Å². The third-order valence-electron chi connectivity index (χ3n) is 4.03. The number of benzene rings is 2. The topological polar surface area (TPSA) is 72.3 Å². The molecule has 2 aromatic carbocycles. The lowest BCUT2D eigenvalue weighted by Gasteiger charge is -2.02. The molecule has 2 aromatic heterocycles. The molecule has 27 heavy (non-hydrogen) atoms. The fourth-order valence-electron chi connectivity index (χ4n) is 2.73. The first kappa shape index (κ1) is 17.1. The summed E-state index contributed by atoms with van der Waals surface area (Å²) in [7, 11) is 0. The molecule has 2 heterocycles. The summed E-state index contributed by atoms with van der Waals surface area (Å²) in [5.41, 5.74) is 2.31. The number of aromatic amines is 1. The molecular weight excluding hydrogens is 364 g/mol. The zero-order valence-corrected chi connectivity index (χ0v) is 15.0. The summed E-state index contributed by atoms with van der Waals surface area (Å²) in [4.78, 5) is 20.1. The summed E-state index contributed by atoms with van der Waals surface area (Å²) in [6.45, 7) is 4.06. The zero-order chi connectivity index (χ0) is 18.8. The van der Waals surface area contributed by atoms with Crippen LogP contribution < -0.4 is 10.3 Å². The van der Waals surface area contributed by atoms with E-state index < -0.39 is 0 Å². The van der Waals surface area contributed by atoms with Crippen LogP contribution in [0.1, 0.15) is 5.56 Å². The lowest BCUT2D eigenvalue weighted by atomic mass is 10.2. The van der Waals surface area contributed by atoms with Gasteiger partial charge in [0.25, 0.3) is 5.56 Å². The molecule has 6 nitrogen and oxygen atoms in total. The molecule has 4 aromatic rings. The first-order valence-corrected chi connectivity index (χ1v) is 8.60. The van der Waals surface area contributed by atoms with E-state index in [2.05, 4.69) is 21.6 Å². The van der Waals surface area contributed by atoms with E-state index in [1.807, 2.05) is 30.3 Å². The Bertz CT molecular complexity index is 1220. The van der Waals surface area contributed by atoms with Crippen LogP contribution in [0, 0.1) is 0 Å². The van der Waals surface area contributed by atoms with E-state index in [1.165, 1.54) is 11.0 Å². The molecule has 0 spiro atoms. The molecule has 0 aliphatic rings. The van der Waals surface area contributed by atoms with Crippen LogP contribution in [0.2, 0.25) is 5.02 Å². The molecule has 0 aliphatic carbocycles. The number of hydrogen-bond donors (Lipinski definition) is 1. The van der Waals surface area contributed by atoms with Crippen molar-refractivity contribution in [3.8, 4) is 5.75 Å². The highest BCUT2D eigenvalue weighted by Gasteiger charge is 2.10. The Morgan fingerprint density at radius 1 is 1.26 bits per heavy atom. The van der Waals surface area contributed by atoms with Gasteiger partial charge in [-0.3, -0.25) is 4.79 Å². The molecule has 0 fully saturated rings. The second-order valence-electron chi connectivity index (χ2n) is 5.85. The fraction of sp³-hybridized carbons (Fsp3) is 0.0500. The summed E-state index contributed by atoms with van der Waals surface area (Å²) in [6, 6.07) is 12.7. The fourth-order valence-corrected chi connectivity index (χ4v) is 2.91. The van der Waals surface area contributed by atoms with E-state index in [4.69, 9.17) is 16.3 Å². The van der Waals surface area contributed by atoms with E-state index in [0.717, 1.165) is 22.2 Å². The van der Waals surface area contributed by atoms with Crippen molar-refractivity contribution in [3.63, 3.8) is 0 Å². The molecule has 0 radical (unpaired) electrons. The van der Waals surface area contributed by atoms with E-state index >= 15 is 0 Å². The van der Waals surface area contributed by atoms with Gasteiger partial charge in [-0.15, -0.1) is 0 Å². The number of nitrogens with one attached hydrogen (secondary N) is 1. The average Bonchev–Trinajstić information content (AvgIpc) is 3.05. The van der Waals surface area contributed by atoms with E-state index in [9.17, 15) is 4.79 Å². The number of halogens is 1. The summed E-state index contributed by atoms with van der Waals surface area (Å²) < 4.78 is 6.63. The molecule has 0 unspecified atom stereocenters. The Kier molecular flexibility index (Phi) is 4.48. The van der Waals surface area contributed by atoms with Gasteiger partial charge in [-0.2, -0.15) is 9.78 Å². The number of H-pyrrole nitrogens is 1. The summed E-state index contributed by atoms with van der Waals surface area (Å²) >= 11 is 6.04. The van der Waals surface area contributed by atoms with Crippen LogP contribution >= 0.6 is 11.6 Å². The minimum Gasteiger partial charge on any atom is -0.490 e. The molecule has 0 atom stereocenters. The van der Waals surface area contributed by atoms with Crippen LogP contribution in [-0.4, -0.2) is 27.5 Å². The molecule has 0 bridgehead atoms. The largest absolute Gasteiger partial charge is 0.490 e. The number of hydrogen-bond acceptors (Lipinski definition) is 4. The highest BCUT2D eigenvalue weighted by Crippen LogP contribution is 2.24. The first-order valence-electron chi connectivity index (χ1n) is 8.22. The summed E-state index contributed by atoms with van der Waals surface area (Å²) in [5.74, 6) is 0.740. The molecule has 7 heteroatoms. The Morgan fingerprint density at radius 3 is 2.85 bits per heavy atom. The molecule has 0 amide bonds. The first-order chi connectivity index (χ1) is 13.2. The van der Waals surface area contributed by atoms with Crippen LogP contribution in [0.5, 0.6) is 5.75 Å². The number of fused-ring (bicyclic) bond motifs is 3. The quantitative estimate of drug-likeness (QED) is 0.421. The van der Waals surface area contributed by atoms with E-state index in [1.54, 1.807) is 24.4 Å². The maximum Gasteiger partial charge on any atom is 0.298 e. The van der Waals surface area contributed by atoms with E-state index in [-0.39, 0.29) is 5.56 Å². The van der Waals surface area contributed by atoms with Gasteiger partial charge in [0.1, 0.15) is 29.7 Å². The SMILES string of the molecule is C=CCOc1ccc(/C=N/n2cnc3c([nH]c4ccc(Cl)cc43)c2=O)cc1. The average molecular weight is 379 g/mol. The Hall–Kier alpha value is -3.38. The van der Waals surface area contributed by atoms with Crippen molar-refractivity contribution in [2.75, 3.05) is 6.61 Å². The van der Waals surface area contributed by atoms with Crippen molar-refractivity contribution in [1.29, 1.82) is 0 Å². The van der Waals surface area contributed by atoms with Crippen molar-refractivity contribution < 1.29 is 4.74 Å². The summed E-state index contributed by atoms with van der Waals surface area (Å²) in [5, 5.41) is 5.62. The van der Waals surface area contributed by atoms with Crippen LogP contribution in [0.15, 0.2) is 71.3 Å². The maximum atomic E-state index is 12.7. The molecule has 0 saturated carbocycles. The van der Waals surface area contributed by atoms with Gasteiger partial charge in [0.05, 0.1) is 6.21 Å². The van der Waals surface area contributed by atoms with Gasteiger partial charge in [0.15, 0.2) is 0 Å². The molecule has 134 valence electrons. The van der Waals surface area contributed by atoms with E-state index in [0.29, 0.717) is 22.7 Å². The Labute approximate surface area is 159 Å². The summed E-state index contributed by atoms with van der Waals surface area (Å²) in [6.07, 6.45) is 4.67. The zero-order valence-electron chi connectivity index (χ0n) is 14.2. The minimum absolute atomic E-state index is 0.283. The van der Waals surface area contributed by atoms with Gasteiger partial charge in [-0.1, -0.05) is 24.3 Å². The minimum atomic E-state index is -0.283. The second-order valence-corrected chi connectivity index (χ2v) is 6.28. The molecule has 0 saturated heterocycles. The third-order valence-corrected chi connectivity index (χ3v) is 4.27. The van der Waals surface area contributed by atoms with Gasteiger partial charge in [-0.05, 0) is 48.0 Å². The van der Waals surface area contributed by atoms with Crippen LogP contribution in [0.25, 0.3) is 21.9 Å². The molecule has 4 rings (SSSR count). The van der Waals surface area contributed by atoms with Crippen LogP contribution in [0.4, 0.5) is 0 Å². The highest BCUT2D eigenvalue weighted by molar-refractivity contribution is 6.31. The van der Waals surface area contributed by atoms with Gasteiger partial charge in [0.2, 0.25) is 0 Å². The predicted molar refractivity (Wildman–Crippen MR) is 108 cm³/mol. The molecule has 1 N–H and O–H groups in total. The van der Waals surface area contributed by atoms with Crippen molar-refractivity contribution in [2.45, 2.75) is 0 Å². The van der Waals surface area contributed by atoms with Crippen molar-refractivity contribution in [3.05, 3.63) is 82.4 Å². The molecular formula is C20H15ClN4O2. The Balaban J connectivity index is 1.66. The lowest BCUT2D eigenvalue weighted by Crippen LogP contribution is -2.17. The van der Waals surface area contributed by atoms with Crippen LogP contribution in [0.3, 0.4) is 0 Å². The third kappa shape index (κ3) is 3.35. The monoisotopic (exact) mass is 378 g/mol. The normalized spacial score (nSPS) is 11.4. The smallest absolute Gasteiger partial charge is 0.298 e. The number of rotatable bonds is 5. The standard InChI is InChI=1S/C20H15ClN4O2/c1-2-9-27-15-6-3-13(4-7-15)11-23-25-12-22-18-16-10-14(21)5-8-17(16)24-19(18)20(25)26/h2-8,10-12,24H,1,9H2/b23-11+. The van der Waals surface area contributed by atoms with Gasteiger partial charge < -0.3 is 9.72 Å². The maximum absolute atomic E-state index is 12.7. The number of nitrogens with zero attached hydrogens (tertiary/aromatic N) is 3. The predicted octanol–water partition coefficient (Wildman–Crippen LogP) is 3.98. The van der Waals surface area contributed by atoms with Crippen LogP contribution in [-0.2, 0) is 0 Å². The highest BCUT2D eigenvalue weighted by atomic mass is 35.5. The number of aromatic nitrogens is 3. The lowest BCUT2D eigenvalue weighted by molar-refractivity contribution is 0.363.